The number of hydrogen-bond acceptors (Lipinski definition) is 4. The van der Waals surface area contributed by atoms with Crippen LogP contribution in [0.4, 0.5) is 5.82 Å². The van der Waals surface area contributed by atoms with E-state index in [1.54, 1.807) is 18.2 Å². The average Bonchev–Trinajstić information content (AvgIpc) is 2.67. The minimum atomic E-state index is 0.0855. The highest BCUT2D eigenvalue weighted by atomic mass is 16.2. The van der Waals surface area contributed by atoms with Gasteiger partial charge in [0.1, 0.15) is 17.6 Å². The number of nitrogens with zero attached hydrogens (tertiary/aromatic N) is 3. The first-order valence-corrected chi connectivity index (χ1v) is 8.67. The van der Waals surface area contributed by atoms with Gasteiger partial charge in [-0.05, 0) is 42.9 Å². The molecular formula is C20H22N4O. The van der Waals surface area contributed by atoms with Crippen molar-refractivity contribution in [2.45, 2.75) is 19.3 Å². The van der Waals surface area contributed by atoms with Crippen LogP contribution in [0.2, 0.25) is 0 Å². The maximum atomic E-state index is 12.4. The summed E-state index contributed by atoms with van der Waals surface area (Å²) >= 11 is 0. The summed E-state index contributed by atoms with van der Waals surface area (Å²) in [5, 5.41) is 11.9. The van der Waals surface area contributed by atoms with Crippen LogP contribution in [0.5, 0.6) is 0 Å². The number of hydrogen-bond donors (Lipinski definition) is 1. The number of benzene rings is 1. The second kappa shape index (κ2) is 8.29. The fourth-order valence-electron chi connectivity index (χ4n) is 3.21. The Hall–Kier alpha value is -2.87. The van der Waals surface area contributed by atoms with Crippen LogP contribution >= 0.6 is 0 Å². The molecule has 25 heavy (non-hydrogen) atoms. The molecule has 0 spiro atoms. The monoisotopic (exact) mass is 334 g/mol. The van der Waals surface area contributed by atoms with Gasteiger partial charge in [0.2, 0.25) is 5.91 Å². The number of carbonyl (C=O) groups is 1. The highest BCUT2D eigenvalue weighted by Gasteiger charge is 2.22. The van der Waals surface area contributed by atoms with E-state index >= 15 is 0 Å². The van der Waals surface area contributed by atoms with Crippen molar-refractivity contribution in [1.82, 2.24) is 9.88 Å². The van der Waals surface area contributed by atoms with Gasteiger partial charge in [-0.2, -0.15) is 5.26 Å². The van der Waals surface area contributed by atoms with Gasteiger partial charge in [0, 0.05) is 13.1 Å². The van der Waals surface area contributed by atoms with Crippen LogP contribution in [0.15, 0.2) is 48.5 Å². The molecular weight excluding hydrogens is 312 g/mol. The molecule has 3 rings (SSSR count). The summed E-state index contributed by atoms with van der Waals surface area (Å²) in [6, 6.07) is 17.7. The first-order valence-electron chi connectivity index (χ1n) is 8.67. The number of nitrogens with one attached hydrogen (secondary N) is 1. The molecule has 5 heteroatoms. The molecule has 2 aromatic rings. The van der Waals surface area contributed by atoms with E-state index in [-0.39, 0.29) is 12.5 Å². The Bertz CT molecular complexity index is 746. The lowest BCUT2D eigenvalue weighted by Crippen LogP contribution is -2.41. The fourth-order valence-corrected chi connectivity index (χ4v) is 3.21. The number of piperidine rings is 1. The van der Waals surface area contributed by atoms with E-state index < -0.39 is 0 Å². The molecule has 1 aliphatic heterocycles. The topological polar surface area (TPSA) is 69.0 Å². The predicted octanol–water partition coefficient (Wildman–Crippen LogP) is 2.85. The maximum Gasteiger partial charge on any atom is 0.241 e. The van der Waals surface area contributed by atoms with Crippen LogP contribution in [-0.2, 0) is 11.2 Å². The van der Waals surface area contributed by atoms with Crippen molar-refractivity contribution in [2.75, 3.05) is 25.0 Å². The van der Waals surface area contributed by atoms with Crippen molar-refractivity contribution in [3.05, 3.63) is 59.8 Å². The molecule has 1 amide bonds. The smallest absolute Gasteiger partial charge is 0.241 e. The number of aromatic nitrogens is 1. The van der Waals surface area contributed by atoms with E-state index in [0.29, 0.717) is 17.4 Å². The normalized spacial score (nSPS) is 14.8. The molecule has 0 saturated carbocycles. The summed E-state index contributed by atoms with van der Waals surface area (Å²) in [7, 11) is 0. The SMILES string of the molecule is N#Cc1cccc(NCC(=O)N2CCC(Cc3ccccc3)CC2)n1. The molecule has 128 valence electrons. The number of nitriles is 1. The van der Waals surface area contributed by atoms with Crippen LogP contribution in [0.1, 0.15) is 24.1 Å². The zero-order valence-corrected chi connectivity index (χ0v) is 14.2. The van der Waals surface area contributed by atoms with Crippen molar-refractivity contribution < 1.29 is 4.79 Å². The van der Waals surface area contributed by atoms with Crippen molar-refractivity contribution >= 4 is 11.7 Å². The van der Waals surface area contributed by atoms with Crippen LogP contribution in [-0.4, -0.2) is 35.4 Å². The summed E-state index contributed by atoms with van der Waals surface area (Å²) in [5.41, 5.74) is 1.72. The molecule has 0 unspecified atom stereocenters. The number of likely N-dealkylation sites (tertiary alicyclic amines) is 1. The van der Waals surface area contributed by atoms with Crippen LogP contribution < -0.4 is 5.32 Å². The zero-order valence-electron chi connectivity index (χ0n) is 14.2. The second-order valence-electron chi connectivity index (χ2n) is 6.39. The van der Waals surface area contributed by atoms with Crippen molar-refractivity contribution in [2.24, 2.45) is 5.92 Å². The van der Waals surface area contributed by atoms with E-state index in [4.69, 9.17) is 5.26 Å². The Kier molecular flexibility index (Phi) is 5.63. The lowest BCUT2D eigenvalue weighted by Gasteiger charge is -2.32. The van der Waals surface area contributed by atoms with Gasteiger partial charge in [0.05, 0.1) is 6.54 Å². The largest absolute Gasteiger partial charge is 0.361 e. The van der Waals surface area contributed by atoms with Gasteiger partial charge in [0.15, 0.2) is 0 Å². The van der Waals surface area contributed by atoms with Crippen LogP contribution in [0, 0.1) is 17.2 Å². The molecule has 5 nitrogen and oxygen atoms in total. The summed E-state index contributed by atoms with van der Waals surface area (Å²) in [6.45, 7) is 1.83. The molecule has 1 N–H and O–H groups in total. The van der Waals surface area contributed by atoms with E-state index in [0.717, 1.165) is 32.4 Å². The fraction of sp³-hybridized carbons (Fsp3) is 0.350. The Morgan fingerprint density at radius 1 is 1.16 bits per heavy atom. The first-order chi connectivity index (χ1) is 12.2. The number of amides is 1. The van der Waals surface area contributed by atoms with Crippen molar-refractivity contribution in [3.63, 3.8) is 0 Å². The van der Waals surface area contributed by atoms with Crippen LogP contribution in [0.25, 0.3) is 0 Å². The third-order valence-electron chi connectivity index (χ3n) is 4.62. The molecule has 0 atom stereocenters. The number of pyridine rings is 1. The molecule has 1 saturated heterocycles. The molecule has 1 fully saturated rings. The van der Waals surface area contributed by atoms with Gasteiger partial charge >= 0.3 is 0 Å². The van der Waals surface area contributed by atoms with Gasteiger partial charge < -0.3 is 10.2 Å². The van der Waals surface area contributed by atoms with Gasteiger partial charge in [-0.3, -0.25) is 4.79 Å². The third-order valence-corrected chi connectivity index (χ3v) is 4.62. The number of rotatable bonds is 5. The molecule has 1 aromatic heterocycles. The molecule has 2 heterocycles. The maximum absolute atomic E-state index is 12.4. The summed E-state index contributed by atoms with van der Waals surface area (Å²) in [5.74, 6) is 1.29. The van der Waals surface area contributed by atoms with Gasteiger partial charge in [-0.15, -0.1) is 0 Å². The van der Waals surface area contributed by atoms with Crippen molar-refractivity contribution in [3.8, 4) is 6.07 Å². The van der Waals surface area contributed by atoms with E-state index in [1.165, 1.54) is 5.56 Å². The summed E-state index contributed by atoms with van der Waals surface area (Å²) in [6.07, 6.45) is 3.18. The average molecular weight is 334 g/mol. The lowest BCUT2D eigenvalue weighted by molar-refractivity contribution is -0.130. The molecule has 1 aromatic carbocycles. The number of anilines is 1. The Morgan fingerprint density at radius 3 is 2.64 bits per heavy atom. The molecule has 0 aliphatic carbocycles. The van der Waals surface area contributed by atoms with Gasteiger partial charge in [0.25, 0.3) is 0 Å². The minimum absolute atomic E-state index is 0.0855. The molecule has 1 aliphatic rings. The molecule has 0 bridgehead atoms. The Balaban J connectivity index is 1.44. The summed E-state index contributed by atoms with van der Waals surface area (Å²) < 4.78 is 0. The Morgan fingerprint density at radius 2 is 1.92 bits per heavy atom. The second-order valence-corrected chi connectivity index (χ2v) is 6.39. The Labute approximate surface area is 148 Å². The molecule has 0 radical (unpaired) electrons. The van der Waals surface area contributed by atoms with E-state index in [2.05, 4.69) is 34.6 Å². The summed E-state index contributed by atoms with van der Waals surface area (Å²) in [4.78, 5) is 18.4. The predicted molar refractivity (Wildman–Crippen MR) is 96.9 cm³/mol. The quantitative estimate of drug-likeness (QED) is 0.913. The van der Waals surface area contributed by atoms with E-state index in [9.17, 15) is 4.79 Å². The van der Waals surface area contributed by atoms with Gasteiger partial charge in [-0.25, -0.2) is 4.98 Å². The van der Waals surface area contributed by atoms with Crippen LogP contribution in [0.3, 0.4) is 0 Å². The van der Waals surface area contributed by atoms with E-state index in [1.807, 2.05) is 17.0 Å². The van der Waals surface area contributed by atoms with Crippen molar-refractivity contribution in [1.29, 1.82) is 5.26 Å². The highest BCUT2D eigenvalue weighted by Crippen LogP contribution is 2.21. The third kappa shape index (κ3) is 4.80. The number of carbonyl (C=O) groups excluding carboxylic acids is 1. The lowest BCUT2D eigenvalue weighted by atomic mass is 9.90. The highest BCUT2D eigenvalue weighted by molar-refractivity contribution is 5.80. The standard InChI is InChI=1S/C20H22N4O/c21-14-18-7-4-8-19(23-18)22-15-20(25)24-11-9-17(10-12-24)13-16-5-2-1-3-6-16/h1-8,17H,9-13,15H2,(H,22,23). The minimum Gasteiger partial charge on any atom is -0.361 e. The zero-order chi connectivity index (χ0) is 17.5. The first kappa shape index (κ1) is 17.0. The van der Waals surface area contributed by atoms with Gasteiger partial charge in [-0.1, -0.05) is 36.4 Å².